The predicted molar refractivity (Wildman–Crippen MR) is 109 cm³/mol. The van der Waals surface area contributed by atoms with Crippen molar-refractivity contribution >= 4 is 16.8 Å². The zero-order valence-corrected chi connectivity index (χ0v) is 16.4. The molecular formula is C21H21N3O6. The molecule has 1 amide bonds. The maximum atomic E-state index is 12.9. The monoisotopic (exact) mass is 411 g/mol. The maximum Gasteiger partial charge on any atom is 0.329 e. The Morgan fingerprint density at radius 3 is 2.83 bits per heavy atom. The minimum atomic E-state index is -0.553. The third-order valence-electron chi connectivity index (χ3n) is 4.83. The number of H-pyrrole nitrogens is 1. The second-order valence-electron chi connectivity index (χ2n) is 6.87. The molecule has 1 aliphatic heterocycles. The molecule has 0 bridgehead atoms. The average Bonchev–Trinajstić information content (AvgIpc) is 3.21. The summed E-state index contributed by atoms with van der Waals surface area (Å²) in [5.74, 6) is 0.934. The van der Waals surface area contributed by atoms with Crippen LogP contribution in [0.4, 0.5) is 0 Å². The smallest absolute Gasteiger partial charge is 0.329 e. The van der Waals surface area contributed by atoms with Gasteiger partial charge in [0.25, 0.3) is 11.5 Å². The third-order valence-corrected chi connectivity index (χ3v) is 4.83. The fourth-order valence-electron chi connectivity index (χ4n) is 3.28. The number of methoxy groups -OCH3 is 1. The van der Waals surface area contributed by atoms with Crippen LogP contribution in [0.25, 0.3) is 10.9 Å². The standard InChI is InChI=1S/C21H21N3O6/c1-28-8-2-7-22-19(25)14-4-5-15-16(10-14)23-21(27)24(20(15)26)11-13-3-6-17-18(9-13)30-12-29-17/h3-6,9-10H,2,7-8,11-12H2,1H3,(H,22,25)(H,23,27). The molecule has 0 atom stereocenters. The summed E-state index contributed by atoms with van der Waals surface area (Å²) in [5, 5.41) is 3.10. The number of benzene rings is 2. The third kappa shape index (κ3) is 3.92. The van der Waals surface area contributed by atoms with E-state index in [-0.39, 0.29) is 19.2 Å². The second-order valence-corrected chi connectivity index (χ2v) is 6.87. The van der Waals surface area contributed by atoms with Crippen molar-refractivity contribution in [3.05, 3.63) is 68.4 Å². The summed E-state index contributed by atoms with van der Waals surface area (Å²) >= 11 is 0. The highest BCUT2D eigenvalue weighted by Crippen LogP contribution is 2.32. The van der Waals surface area contributed by atoms with Crippen molar-refractivity contribution in [3.8, 4) is 11.5 Å². The van der Waals surface area contributed by atoms with Gasteiger partial charge in [-0.3, -0.25) is 14.2 Å². The molecule has 156 valence electrons. The van der Waals surface area contributed by atoms with Crippen molar-refractivity contribution in [1.29, 1.82) is 0 Å². The van der Waals surface area contributed by atoms with Crippen LogP contribution >= 0.6 is 0 Å². The Kier molecular flexibility index (Phi) is 5.53. The number of aromatic amines is 1. The van der Waals surface area contributed by atoms with Crippen molar-refractivity contribution in [2.24, 2.45) is 0 Å². The fraction of sp³-hybridized carbons (Fsp3) is 0.286. The lowest BCUT2D eigenvalue weighted by molar-refractivity contribution is 0.0948. The molecule has 0 saturated carbocycles. The summed E-state index contributed by atoms with van der Waals surface area (Å²) in [7, 11) is 1.60. The number of carbonyl (C=O) groups excluding carboxylic acids is 1. The highest BCUT2D eigenvalue weighted by molar-refractivity contribution is 5.97. The Hall–Kier alpha value is -3.59. The molecule has 0 spiro atoms. The van der Waals surface area contributed by atoms with Gasteiger partial charge in [0.05, 0.1) is 17.4 Å². The van der Waals surface area contributed by atoms with E-state index >= 15 is 0 Å². The number of hydrogen-bond acceptors (Lipinski definition) is 6. The molecule has 0 aliphatic carbocycles. The van der Waals surface area contributed by atoms with Gasteiger partial charge in [-0.1, -0.05) is 6.07 Å². The SMILES string of the molecule is COCCCNC(=O)c1ccc2c(=O)n(Cc3ccc4c(c3)OCO4)c(=O)[nH]c2c1. The van der Waals surface area contributed by atoms with Crippen LogP contribution in [0.1, 0.15) is 22.3 Å². The number of hydrogen-bond donors (Lipinski definition) is 2. The quantitative estimate of drug-likeness (QED) is 0.566. The predicted octanol–water partition coefficient (Wildman–Crippen LogP) is 1.23. The number of aromatic nitrogens is 2. The van der Waals surface area contributed by atoms with E-state index in [2.05, 4.69) is 10.3 Å². The van der Waals surface area contributed by atoms with Crippen LogP contribution in [0.2, 0.25) is 0 Å². The molecule has 2 aromatic carbocycles. The first-order chi connectivity index (χ1) is 14.6. The van der Waals surface area contributed by atoms with Crippen LogP contribution in [0.3, 0.4) is 0 Å². The number of fused-ring (bicyclic) bond motifs is 2. The summed E-state index contributed by atoms with van der Waals surface area (Å²) in [6.07, 6.45) is 0.692. The van der Waals surface area contributed by atoms with Crippen LogP contribution in [0.15, 0.2) is 46.0 Å². The maximum absolute atomic E-state index is 12.9. The van der Waals surface area contributed by atoms with Gasteiger partial charge in [-0.2, -0.15) is 0 Å². The van der Waals surface area contributed by atoms with Gasteiger partial charge in [0.15, 0.2) is 11.5 Å². The summed E-state index contributed by atoms with van der Waals surface area (Å²) in [6, 6.07) is 9.90. The zero-order chi connectivity index (χ0) is 21.1. The van der Waals surface area contributed by atoms with Crippen molar-refractivity contribution in [3.63, 3.8) is 0 Å². The molecule has 0 fully saturated rings. The lowest BCUT2D eigenvalue weighted by atomic mass is 10.1. The Morgan fingerprint density at radius 1 is 1.17 bits per heavy atom. The molecule has 0 radical (unpaired) electrons. The summed E-state index contributed by atoms with van der Waals surface area (Å²) in [5.41, 5.74) is 0.430. The van der Waals surface area contributed by atoms with Crippen molar-refractivity contribution in [2.75, 3.05) is 27.1 Å². The van der Waals surface area contributed by atoms with Crippen molar-refractivity contribution < 1.29 is 19.0 Å². The Balaban J connectivity index is 1.60. The van der Waals surface area contributed by atoms with Gasteiger partial charge < -0.3 is 24.5 Å². The lowest BCUT2D eigenvalue weighted by Gasteiger charge is -2.09. The normalized spacial score (nSPS) is 12.3. The van der Waals surface area contributed by atoms with Crippen LogP contribution in [0.5, 0.6) is 11.5 Å². The number of carbonyl (C=O) groups is 1. The van der Waals surface area contributed by atoms with E-state index in [1.165, 1.54) is 6.07 Å². The molecular weight excluding hydrogens is 390 g/mol. The van der Waals surface area contributed by atoms with Gasteiger partial charge in [0, 0.05) is 25.8 Å². The van der Waals surface area contributed by atoms with E-state index in [0.717, 1.165) is 10.1 Å². The summed E-state index contributed by atoms with van der Waals surface area (Å²) in [6.45, 7) is 1.26. The number of nitrogens with zero attached hydrogens (tertiary/aromatic N) is 1. The first kappa shape index (κ1) is 19.7. The molecule has 1 aliphatic rings. The molecule has 9 nitrogen and oxygen atoms in total. The van der Waals surface area contributed by atoms with Gasteiger partial charge in [0.2, 0.25) is 6.79 Å². The van der Waals surface area contributed by atoms with Crippen LogP contribution in [0, 0.1) is 0 Å². The first-order valence-electron chi connectivity index (χ1n) is 9.49. The zero-order valence-electron chi connectivity index (χ0n) is 16.4. The topological polar surface area (TPSA) is 112 Å². The molecule has 0 unspecified atom stereocenters. The molecule has 1 aromatic heterocycles. The minimum absolute atomic E-state index is 0.0858. The van der Waals surface area contributed by atoms with Gasteiger partial charge in [-0.15, -0.1) is 0 Å². The van der Waals surface area contributed by atoms with Gasteiger partial charge >= 0.3 is 5.69 Å². The molecule has 30 heavy (non-hydrogen) atoms. The minimum Gasteiger partial charge on any atom is -0.454 e. The molecule has 0 saturated heterocycles. The molecule has 9 heteroatoms. The number of nitrogens with one attached hydrogen (secondary N) is 2. The van der Waals surface area contributed by atoms with E-state index in [1.807, 2.05) is 0 Å². The number of amides is 1. The number of ether oxygens (including phenoxy) is 3. The first-order valence-corrected chi connectivity index (χ1v) is 9.49. The largest absolute Gasteiger partial charge is 0.454 e. The Labute approximate surface area is 171 Å². The Bertz CT molecular complexity index is 1210. The summed E-state index contributed by atoms with van der Waals surface area (Å²) < 4.78 is 16.7. The number of rotatable bonds is 7. The molecule has 2 N–H and O–H groups in total. The van der Waals surface area contributed by atoms with E-state index in [0.29, 0.717) is 47.5 Å². The van der Waals surface area contributed by atoms with Crippen LogP contribution in [-0.2, 0) is 11.3 Å². The summed E-state index contributed by atoms with van der Waals surface area (Å²) in [4.78, 5) is 40.4. The van der Waals surface area contributed by atoms with Gasteiger partial charge in [-0.25, -0.2) is 4.79 Å². The average molecular weight is 411 g/mol. The van der Waals surface area contributed by atoms with Crippen molar-refractivity contribution in [2.45, 2.75) is 13.0 Å². The molecule has 4 rings (SSSR count). The van der Waals surface area contributed by atoms with Gasteiger partial charge in [0.1, 0.15) is 0 Å². The van der Waals surface area contributed by atoms with Crippen LogP contribution in [-0.4, -0.2) is 42.5 Å². The molecule has 2 heterocycles. The lowest BCUT2D eigenvalue weighted by Crippen LogP contribution is -2.35. The van der Waals surface area contributed by atoms with E-state index < -0.39 is 11.2 Å². The van der Waals surface area contributed by atoms with Crippen LogP contribution < -0.4 is 26.0 Å². The Morgan fingerprint density at radius 2 is 2.00 bits per heavy atom. The van der Waals surface area contributed by atoms with Crippen molar-refractivity contribution in [1.82, 2.24) is 14.9 Å². The molecule has 3 aromatic rings. The highest BCUT2D eigenvalue weighted by atomic mass is 16.7. The second kappa shape index (κ2) is 8.42. The van der Waals surface area contributed by atoms with E-state index in [9.17, 15) is 14.4 Å². The van der Waals surface area contributed by atoms with Gasteiger partial charge in [-0.05, 0) is 42.3 Å². The fourth-order valence-corrected chi connectivity index (χ4v) is 3.28. The van der Waals surface area contributed by atoms with E-state index in [4.69, 9.17) is 14.2 Å². The highest BCUT2D eigenvalue weighted by Gasteiger charge is 2.15. The van der Waals surface area contributed by atoms with E-state index in [1.54, 1.807) is 37.4 Å².